The van der Waals surface area contributed by atoms with E-state index in [1.807, 2.05) is 33.8 Å². The van der Waals surface area contributed by atoms with Crippen molar-refractivity contribution in [2.45, 2.75) is 46.5 Å². The average Bonchev–Trinajstić information content (AvgIpc) is 3.04. The minimum Gasteiger partial charge on any atom is -0.384 e. The fourth-order valence-corrected chi connectivity index (χ4v) is 5.80. The van der Waals surface area contributed by atoms with Crippen molar-refractivity contribution >= 4 is 28.5 Å². The van der Waals surface area contributed by atoms with Gasteiger partial charge in [-0.1, -0.05) is 26.0 Å². The summed E-state index contributed by atoms with van der Waals surface area (Å²) in [7, 11) is 0. The third kappa shape index (κ3) is 3.39. The summed E-state index contributed by atoms with van der Waals surface area (Å²) in [5, 5.41) is 21.9. The maximum atomic E-state index is 13.5. The van der Waals surface area contributed by atoms with Gasteiger partial charge in [-0.15, -0.1) is 11.3 Å². The van der Waals surface area contributed by atoms with Crippen LogP contribution >= 0.6 is 11.3 Å². The summed E-state index contributed by atoms with van der Waals surface area (Å²) in [6.07, 6.45) is 0.853. The van der Waals surface area contributed by atoms with Crippen LogP contribution in [0.2, 0.25) is 0 Å². The van der Waals surface area contributed by atoms with Crippen LogP contribution in [0.4, 0.5) is 11.4 Å². The number of Topliss-reactive ketones (excluding diaryl/α,β-unsaturated/α-hetero) is 1. The summed E-state index contributed by atoms with van der Waals surface area (Å²) in [5.41, 5.74) is 8.68. The fourth-order valence-electron chi connectivity index (χ4n) is 4.84. The van der Waals surface area contributed by atoms with Gasteiger partial charge in [0.2, 0.25) is 0 Å². The van der Waals surface area contributed by atoms with Crippen molar-refractivity contribution in [3.05, 3.63) is 78.4 Å². The van der Waals surface area contributed by atoms with E-state index in [0.717, 1.165) is 15.3 Å². The van der Waals surface area contributed by atoms with Crippen LogP contribution in [0.3, 0.4) is 0 Å². The molecule has 0 unspecified atom stereocenters. The molecule has 2 heterocycles. The molecule has 7 nitrogen and oxygen atoms in total. The van der Waals surface area contributed by atoms with E-state index >= 15 is 0 Å². The lowest BCUT2D eigenvalue weighted by Crippen LogP contribution is -2.42. The minimum absolute atomic E-state index is 0.0478. The molecular weight excluding hydrogens is 424 g/mol. The number of allylic oxidation sites excluding steroid dienone is 3. The Morgan fingerprint density at radius 3 is 2.56 bits per heavy atom. The zero-order valence-electron chi connectivity index (χ0n) is 18.4. The van der Waals surface area contributed by atoms with Crippen molar-refractivity contribution in [3.8, 4) is 6.07 Å². The summed E-state index contributed by atoms with van der Waals surface area (Å²) in [6.45, 7) is 7.97. The summed E-state index contributed by atoms with van der Waals surface area (Å²) >= 11 is 1.61. The zero-order valence-corrected chi connectivity index (χ0v) is 19.2. The van der Waals surface area contributed by atoms with E-state index in [9.17, 15) is 20.2 Å². The van der Waals surface area contributed by atoms with Crippen LogP contribution in [-0.4, -0.2) is 10.7 Å². The number of nitro groups is 1. The third-order valence-corrected chi connectivity index (χ3v) is 7.07. The molecule has 2 aromatic rings. The van der Waals surface area contributed by atoms with E-state index in [2.05, 4.69) is 6.07 Å². The summed E-state index contributed by atoms with van der Waals surface area (Å²) < 4.78 is 0. The Morgan fingerprint density at radius 2 is 1.97 bits per heavy atom. The molecule has 2 aliphatic rings. The van der Waals surface area contributed by atoms with Crippen LogP contribution < -0.4 is 10.6 Å². The molecule has 1 aliphatic heterocycles. The van der Waals surface area contributed by atoms with Gasteiger partial charge in [0, 0.05) is 33.5 Å². The number of hydrogen-bond donors (Lipinski definition) is 1. The molecule has 0 spiro atoms. The highest BCUT2D eigenvalue weighted by atomic mass is 32.1. The molecule has 0 saturated heterocycles. The Balaban J connectivity index is 2.06. The number of nitrogens with zero attached hydrogens (tertiary/aromatic N) is 3. The lowest BCUT2D eigenvalue weighted by Gasteiger charge is -2.43. The van der Waals surface area contributed by atoms with Crippen molar-refractivity contribution in [1.29, 1.82) is 5.26 Å². The van der Waals surface area contributed by atoms with Gasteiger partial charge in [0.05, 0.1) is 22.5 Å². The highest BCUT2D eigenvalue weighted by Gasteiger charge is 2.46. The predicted octanol–water partition coefficient (Wildman–Crippen LogP) is 5.21. The largest absolute Gasteiger partial charge is 0.384 e. The molecule has 32 heavy (non-hydrogen) atoms. The van der Waals surface area contributed by atoms with Crippen LogP contribution in [-0.2, 0) is 4.79 Å². The number of carbonyl (C=O) groups is 1. The fraction of sp³-hybridized carbons (Fsp3) is 0.333. The lowest BCUT2D eigenvalue weighted by atomic mass is 9.68. The number of nitriles is 1. The molecule has 164 valence electrons. The van der Waals surface area contributed by atoms with Crippen molar-refractivity contribution < 1.29 is 9.72 Å². The number of hydrogen-bond acceptors (Lipinski definition) is 7. The summed E-state index contributed by atoms with van der Waals surface area (Å²) in [4.78, 5) is 28.5. The first kappa shape index (κ1) is 21.8. The van der Waals surface area contributed by atoms with Gasteiger partial charge in [0.25, 0.3) is 5.69 Å². The number of ketones is 1. The van der Waals surface area contributed by atoms with E-state index < -0.39 is 10.8 Å². The normalized spacial score (nSPS) is 20.3. The van der Waals surface area contributed by atoms with Gasteiger partial charge in [0.15, 0.2) is 5.78 Å². The molecule has 4 rings (SSSR count). The van der Waals surface area contributed by atoms with E-state index in [0.29, 0.717) is 24.1 Å². The van der Waals surface area contributed by atoms with Crippen molar-refractivity contribution in [2.75, 3.05) is 4.90 Å². The Morgan fingerprint density at radius 1 is 1.28 bits per heavy atom. The van der Waals surface area contributed by atoms with Crippen LogP contribution in [0.1, 0.15) is 47.9 Å². The first-order valence-corrected chi connectivity index (χ1v) is 11.1. The van der Waals surface area contributed by atoms with Gasteiger partial charge in [-0.05, 0) is 43.4 Å². The van der Waals surface area contributed by atoms with E-state index in [-0.39, 0.29) is 34.0 Å². The molecule has 0 saturated carbocycles. The lowest BCUT2D eigenvalue weighted by molar-refractivity contribution is -0.384. The molecule has 2 N–H and O–H groups in total. The molecular formula is C24H24N4O3S. The highest BCUT2D eigenvalue weighted by Crippen LogP contribution is 2.52. The number of aryl methyl sites for hydroxylation is 2. The molecule has 0 bridgehead atoms. The van der Waals surface area contributed by atoms with Crippen LogP contribution in [0, 0.1) is 40.7 Å². The van der Waals surface area contributed by atoms with Crippen LogP contribution in [0.25, 0.3) is 0 Å². The number of rotatable bonds is 3. The molecule has 0 amide bonds. The first-order valence-electron chi connectivity index (χ1n) is 10.3. The molecule has 1 aromatic heterocycles. The van der Waals surface area contributed by atoms with E-state index in [1.54, 1.807) is 34.4 Å². The van der Waals surface area contributed by atoms with E-state index in [4.69, 9.17) is 5.73 Å². The number of anilines is 1. The van der Waals surface area contributed by atoms with Gasteiger partial charge in [-0.3, -0.25) is 19.8 Å². The number of carbonyl (C=O) groups excluding carboxylic acids is 1. The van der Waals surface area contributed by atoms with Gasteiger partial charge >= 0.3 is 0 Å². The van der Waals surface area contributed by atoms with E-state index in [1.165, 1.54) is 6.07 Å². The Labute approximate surface area is 190 Å². The standard InChI is InChI=1S/C24H24N4O3S/c1-13-9-15(14(2)32-13)21-16(12-25)23(26)27(17-7-5-6-8-18(17)28(30)31)19-10-24(3,4)11-20(29)22(19)21/h5-9,21H,10-11,26H2,1-4H3/t21-/m1/s1. The highest BCUT2D eigenvalue weighted by molar-refractivity contribution is 7.12. The SMILES string of the molecule is Cc1cc([C@@H]2C(C#N)=C(N)N(c3ccccc3[N+](=O)[O-])C3=C2C(=O)CC(C)(C)C3)c(C)s1. The molecule has 0 fully saturated rings. The van der Waals surface area contributed by atoms with Gasteiger partial charge in [-0.2, -0.15) is 5.26 Å². The Bertz CT molecular complexity index is 1260. The average molecular weight is 449 g/mol. The number of thiophene rings is 1. The molecule has 1 aromatic carbocycles. The molecule has 0 radical (unpaired) electrons. The first-order chi connectivity index (χ1) is 15.1. The van der Waals surface area contributed by atoms with Crippen LogP contribution in [0.15, 0.2) is 53.0 Å². The Hall–Kier alpha value is -3.44. The van der Waals surface area contributed by atoms with Gasteiger partial charge in [-0.25, -0.2) is 0 Å². The maximum Gasteiger partial charge on any atom is 0.293 e. The zero-order chi connectivity index (χ0) is 23.4. The van der Waals surface area contributed by atoms with Gasteiger partial charge in [0.1, 0.15) is 11.5 Å². The van der Waals surface area contributed by atoms with Gasteiger partial charge < -0.3 is 5.73 Å². The second kappa shape index (κ2) is 7.61. The van der Waals surface area contributed by atoms with Crippen molar-refractivity contribution in [3.63, 3.8) is 0 Å². The second-order valence-electron chi connectivity index (χ2n) is 9.09. The second-order valence-corrected chi connectivity index (χ2v) is 10.6. The Kier molecular flexibility index (Phi) is 5.18. The van der Waals surface area contributed by atoms with Crippen LogP contribution in [0.5, 0.6) is 0 Å². The topological polar surface area (TPSA) is 113 Å². The number of benzene rings is 1. The summed E-state index contributed by atoms with van der Waals surface area (Å²) in [5.74, 6) is -0.477. The number of nitro benzene ring substituents is 1. The maximum absolute atomic E-state index is 13.5. The molecule has 1 atom stereocenters. The number of para-hydroxylation sites is 2. The van der Waals surface area contributed by atoms with Crippen molar-refractivity contribution in [1.82, 2.24) is 0 Å². The monoisotopic (exact) mass is 448 g/mol. The minimum atomic E-state index is -0.567. The summed E-state index contributed by atoms with van der Waals surface area (Å²) in [6, 6.07) is 10.5. The molecule has 8 heteroatoms. The predicted molar refractivity (Wildman–Crippen MR) is 124 cm³/mol. The number of nitrogens with two attached hydrogens (primary N) is 1. The van der Waals surface area contributed by atoms with Crippen molar-refractivity contribution in [2.24, 2.45) is 11.1 Å². The quantitative estimate of drug-likeness (QED) is 0.509. The third-order valence-electron chi connectivity index (χ3n) is 6.09. The molecule has 1 aliphatic carbocycles. The smallest absolute Gasteiger partial charge is 0.293 e.